The maximum atomic E-state index is 13.8. The molecule has 1 aromatic carbocycles. The molecule has 1 N–H and O–H groups in total. The zero-order valence-electron chi connectivity index (χ0n) is 12.0. The first kappa shape index (κ1) is 14.8. The van der Waals surface area contributed by atoms with Crippen LogP contribution in [0.15, 0.2) is 18.2 Å². The molecule has 0 aromatic heterocycles. The molecule has 0 atom stereocenters. The van der Waals surface area contributed by atoms with E-state index in [1.807, 2.05) is 12.1 Å². The summed E-state index contributed by atoms with van der Waals surface area (Å²) in [6.07, 6.45) is 3.29. The van der Waals surface area contributed by atoms with Gasteiger partial charge in [-0.05, 0) is 50.4 Å². The van der Waals surface area contributed by atoms with Crippen molar-refractivity contribution < 1.29 is 4.39 Å². The van der Waals surface area contributed by atoms with Crippen molar-refractivity contribution in [2.75, 3.05) is 31.1 Å². The summed E-state index contributed by atoms with van der Waals surface area (Å²) in [6.45, 7) is 5.99. The van der Waals surface area contributed by atoms with Crippen molar-refractivity contribution in [3.63, 3.8) is 0 Å². The van der Waals surface area contributed by atoms with Gasteiger partial charge in [0.05, 0.1) is 5.69 Å². The van der Waals surface area contributed by atoms with Crippen molar-refractivity contribution >= 4 is 5.69 Å². The van der Waals surface area contributed by atoms with Crippen LogP contribution in [0.4, 0.5) is 10.1 Å². The number of piperidine rings is 1. The molecule has 4 heteroatoms. The zero-order valence-corrected chi connectivity index (χ0v) is 12.0. The summed E-state index contributed by atoms with van der Waals surface area (Å²) < 4.78 is 13.8. The second kappa shape index (κ2) is 7.25. The van der Waals surface area contributed by atoms with Gasteiger partial charge in [-0.2, -0.15) is 5.26 Å². The number of nitriles is 1. The molecule has 3 nitrogen and oxygen atoms in total. The Labute approximate surface area is 120 Å². The Bertz CT molecular complexity index is 475. The van der Waals surface area contributed by atoms with Gasteiger partial charge < -0.3 is 10.2 Å². The van der Waals surface area contributed by atoms with Crippen LogP contribution in [0.1, 0.15) is 31.7 Å². The predicted molar refractivity (Wildman–Crippen MR) is 79.2 cm³/mol. The van der Waals surface area contributed by atoms with Gasteiger partial charge in [0, 0.05) is 13.1 Å². The lowest BCUT2D eigenvalue weighted by molar-refractivity contribution is 0.373. The SMILES string of the molecule is CCCN(CC1CCNCC1)c1cccc(F)c1C#N. The molecular weight excluding hydrogens is 253 g/mol. The lowest BCUT2D eigenvalue weighted by atomic mass is 9.97. The summed E-state index contributed by atoms with van der Waals surface area (Å²) in [7, 11) is 0. The molecule has 0 radical (unpaired) electrons. The maximum absolute atomic E-state index is 13.8. The monoisotopic (exact) mass is 275 g/mol. The number of anilines is 1. The van der Waals surface area contributed by atoms with E-state index in [0.29, 0.717) is 5.92 Å². The maximum Gasteiger partial charge on any atom is 0.143 e. The van der Waals surface area contributed by atoms with E-state index < -0.39 is 5.82 Å². The molecule has 2 rings (SSSR count). The Kier molecular flexibility index (Phi) is 5.37. The van der Waals surface area contributed by atoms with Crippen LogP contribution in [0.5, 0.6) is 0 Å². The molecule has 108 valence electrons. The fraction of sp³-hybridized carbons (Fsp3) is 0.562. The van der Waals surface area contributed by atoms with Gasteiger partial charge in [-0.1, -0.05) is 13.0 Å². The van der Waals surface area contributed by atoms with Crippen LogP contribution in [-0.2, 0) is 0 Å². The van der Waals surface area contributed by atoms with E-state index in [4.69, 9.17) is 0 Å². The van der Waals surface area contributed by atoms with Crippen molar-refractivity contribution in [2.24, 2.45) is 5.92 Å². The molecule has 1 heterocycles. The smallest absolute Gasteiger partial charge is 0.143 e. The zero-order chi connectivity index (χ0) is 14.4. The molecule has 1 aromatic rings. The number of nitrogens with one attached hydrogen (secondary N) is 1. The second-order valence-corrected chi connectivity index (χ2v) is 5.39. The number of halogens is 1. The molecule has 0 bridgehead atoms. The molecule has 0 saturated carbocycles. The Balaban J connectivity index is 2.19. The number of nitrogens with zero attached hydrogens (tertiary/aromatic N) is 2. The van der Waals surface area contributed by atoms with Gasteiger partial charge >= 0.3 is 0 Å². The lowest BCUT2D eigenvalue weighted by Crippen LogP contribution is -2.37. The minimum absolute atomic E-state index is 0.176. The van der Waals surface area contributed by atoms with Crippen molar-refractivity contribution in [1.82, 2.24) is 5.32 Å². The van der Waals surface area contributed by atoms with E-state index >= 15 is 0 Å². The van der Waals surface area contributed by atoms with Crippen LogP contribution in [0.25, 0.3) is 0 Å². The van der Waals surface area contributed by atoms with Crippen molar-refractivity contribution in [3.05, 3.63) is 29.6 Å². The number of hydrogen-bond donors (Lipinski definition) is 1. The summed E-state index contributed by atoms with van der Waals surface area (Å²) in [5, 5.41) is 12.6. The third-order valence-corrected chi connectivity index (χ3v) is 3.87. The topological polar surface area (TPSA) is 39.1 Å². The highest BCUT2D eigenvalue weighted by Crippen LogP contribution is 2.25. The average Bonchev–Trinajstić information content (AvgIpc) is 2.47. The Morgan fingerprint density at radius 3 is 2.80 bits per heavy atom. The highest BCUT2D eigenvalue weighted by Gasteiger charge is 2.20. The van der Waals surface area contributed by atoms with Crippen LogP contribution in [0.2, 0.25) is 0 Å². The van der Waals surface area contributed by atoms with Crippen molar-refractivity contribution in [3.8, 4) is 6.07 Å². The number of benzene rings is 1. The van der Waals surface area contributed by atoms with E-state index in [1.54, 1.807) is 6.07 Å². The molecule has 0 aliphatic carbocycles. The molecule has 1 aliphatic rings. The standard InChI is InChI=1S/C16H22FN3/c1-2-10-20(12-13-6-8-19-9-7-13)16-5-3-4-15(17)14(16)11-18/h3-5,13,19H,2,6-10,12H2,1H3. The largest absolute Gasteiger partial charge is 0.370 e. The number of hydrogen-bond acceptors (Lipinski definition) is 3. The van der Waals surface area contributed by atoms with Gasteiger partial charge in [-0.15, -0.1) is 0 Å². The third-order valence-electron chi connectivity index (χ3n) is 3.87. The third kappa shape index (κ3) is 3.49. The first-order chi connectivity index (χ1) is 9.76. The summed E-state index contributed by atoms with van der Waals surface area (Å²) in [5.41, 5.74) is 0.919. The fourth-order valence-corrected chi connectivity index (χ4v) is 2.84. The summed E-state index contributed by atoms with van der Waals surface area (Å²) in [6, 6.07) is 6.92. The van der Waals surface area contributed by atoms with E-state index in [9.17, 15) is 9.65 Å². The molecule has 1 saturated heterocycles. The summed E-state index contributed by atoms with van der Waals surface area (Å²) in [4.78, 5) is 2.18. The molecule has 0 amide bonds. The second-order valence-electron chi connectivity index (χ2n) is 5.39. The highest BCUT2D eigenvalue weighted by atomic mass is 19.1. The Hall–Kier alpha value is -1.60. The van der Waals surface area contributed by atoms with Gasteiger partial charge in [0.1, 0.15) is 17.4 Å². The van der Waals surface area contributed by atoms with Gasteiger partial charge in [0.2, 0.25) is 0 Å². The minimum atomic E-state index is -0.420. The molecule has 0 spiro atoms. The van der Waals surface area contributed by atoms with Gasteiger partial charge in [-0.3, -0.25) is 0 Å². The van der Waals surface area contributed by atoms with Gasteiger partial charge in [0.15, 0.2) is 0 Å². The predicted octanol–water partition coefficient (Wildman–Crippen LogP) is 2.91. The Morgan fingerprint density at radius 1 is 1.40 bits per heavy atom. The normalized spacial score (nSPS) is 15.8. The molecule has 0 unspecified atom stereocenters. The first-order valence-corrected chi connectivity index (χ1v) is 7.40. The highest BCUT2D eigenvalue weighted by molar-refractivity contribution is 5.59. The first-order valence-electron chi connectivity index (χ1n) is 7.40. The lowest BCUT2D eigenvalue weighted by Gasteiger charge is -2.32. The minimum Gasteiger partial charge on any atom is -0.370 e. The van der Waals surface area contributed by atoms with Gasteiger partial charge in [0.25, 0.3) is 0 Å². The Morgan fingerprint density at radius 2 is 2.15 bits per heavy atom. The average molecular weight is 275 g/mol. The van der Waals surface area contributed by atoms with Crippen molar-refractivity contribution in [2.45, 2.75) is 26.2 Å². The number of rotatable bonds is 5. The molecular formula is C16H22FN3. The molecule has 1 aliphatic heterocycles. The van der Waals surface area contributed by atoms with E-state index in [-0.39, 0.29) is 5.56 Å². The van der Waals surface area contributed by atoms with E-state index in [2.05, 4.69) is 17.1 Å². The van der Waals surface area contributed by atoms with Crippen LogP contribution >= 0.6 is 0 Å². The summed E-state index contributed by atoms with van der Waals surface area (Å²) in [5.74, 6) is 0.203. The van der Waals surface area contributed by atoms with Crippen LogP contribution in [0.3, 0.4) is 0 Å². The molecule has 1 fully saturated rings. The van der Waals surface area contributed by atoms with Gasteiger partial charge in [-0.25, -0.2) is 4.39 Å². The fourth-order valence-electron chi connectivity index (χ4n) is 2.84. The van der Waals surface area contributed by atoms with E-state index in [1.165, 1.54) is 6.07 Å². The molecule has 20 heavy (non-hydrogen) atoms. The van der Waals surface area contributed by atoms with Crippen LogP contribution < -0.4 is 10.2 Å². The van der Waals surface area contributed by atoms with Crippen LogP contribution in [0, 0.1) is 23.1 Å². The summed E-state index contributed by atoms with van der Waals surface area (Å²) >= 11 is 0. The quantitative estimate of drug-likeness (QED) is 0.898. The van der Waals surface area contributed by atoms with Crippen LogP contribution in [-0.4, -0.2) is 26.2 Å². The van der Waals surface area contributed by atoms with E-state index in [0.717, 1.165) is 51.1 Å². The van der Waals surface area contributed by atoms with Crippen molar-refractivity contribution in [1.29, 1.82) is 5.26 Å².